The van der Waals surface area contributed by atoms with Crippen molar-refractivity contribution < 1.29 is 23.8 Å². The number of nitrogens with zero attached hydrogens (tertiary/aromatic N) is 1. The normalized spacial score (nSPS) is 10.4. The van der Waals surface area contributed by atoms with Gasteiger partial charge in [0.1, 0.15) is 6.54 Å². The van der Waals surface area contributed by atoms with E-state index in [2.05, 4.69) is 0 Å². The number of aliphatic carboxylic acids is 1. The van der Waals surface area contributed by atoms with Crippen molar-refractivity contribution >= 4 is 11.9 Å². The minimum Gasteiger partial charge on any atom is -0.494 e. The van der Waals surface area contributed by atoms with Crippen molar-refractivity contribution in [1.82, 2.24) is 4.90 Å². The predicted molar refractivity (Wildman–Crippen MR) is 95.6 cm³/mol. The number of carboxylic acid groups (broad SMARTS) is 1. The number of hydrogen-bond acceptors (Lipinski definition) is 3. The molecule has 0 spiro atoms. The molecule has 138 valence electrons. The maximum absolute atomic E-state index is 13.7. The van der Waals surface area contributed by atoms with Crippen LogP contribution in [0.4, 0.5) is 4.39 Å². The first-order chi connectivity index (χ1) is 12.5. The van der Waals surface area contributed by atoms with Crippen molar-refractivity contribution in [3.05, 3.63) is 65.5 Å². The van der Waals surface area contributed by atoms with Crippen LogP contribution in [0.1, 0.15) is 17.5 Å². The van der Waals surface area contributed by atoms with E-state index in [1.807, 2.05) is 30.3 Å². The SMILES string of the molecule is COc1ccc(CCC(=O)N(CCc2ccccc2)CC(=O)O)cc1F. The van der Waals surface area contributed by atoms with Gasteiger partial charge in [-0.2, -0.15) is 0 Å². The number of hydrogen-bond donors (Lipinski definition) is 1. The summed E-state index contributed by atoms with van der Waals surface area (Å²) in [6, 6.07) is 14.1. The van der Waals surface area contributed by atoms with Gasteiger partial charge in [0.2, 0.25) is 5.91 Å². The van der Waals surface area contributed by atoms with Gasteiger partial charge in [0, 0.05) is 13.0 Å². The summed E-state index contributed by atoms with van der Waals surface area (Å²) in [5, 5.41) is 9.05. The molecule has 0 unspecified atom stereocenters. The number of carbonyl (C=O) groups excluding carboxylic acids is 1. The maximum Gasteiger partial charge on any atom is 0.323 e. The summed E-state index contributed by atoms with van der Waals surface area (Å²) in [6.07, 6.45) is 1.03. The molecule has 5 nitrogen and oxygen atoms in total. The molecule has 6 heteroatoms. The number of aryl methyl sites for hydroxylation is 1. The van der Waals surface area contributed by atoms with Gasteiger partial charge >= 0.3 is 5.97 Å². The Morgan fingerprint density at radius 2 is 1.81 bits per heavy atom. The quantitative estimate of drug-likeness (QED) is 0.748. The van der Waals surface area contributed by atoms with Crippen LogP contribution in [0, 0.1) is 5.82 Å². The molecule has 0 atom stereocenters. The van der Waals surface area contributed by atoms with Crippen molar-refractivity contribution in [2.45, 2.75) is 19.3 Å². The zero-order valence-electron chi connectivity index (χ0n) is 14.7. The van der Waals surface area contributed by atoms with Gasteiger partial charge in [-0.15, -0.1) is 0 Å². The summed E-state index contributed by atoms with van der Waals surface area (Å²) in [5.74, 6) is -1.65. The topological polar surface area (TPSA) is 66.8 Å². The highest BCUT2D eigenvalue weighted by Gasteiger charge is 2.17. The number of benzene rings is 2. The molecule has 0 bridgehead atoms. The minimum absolute atomic E-state index is 0.119. The Morgan fingerprint density at radius 1 is 1.08 bits per heavy atom. The Balaban J connectivity index is 1.95. The number of methoxy groups -OCH3 is 1. The minimum atomic E-state index is -1.05. The van der Waals surface area contributed by atoms with Gasteiger partial charge in [-0.3, -0.25) is 9.59 Å². The average molecular weight is 359 g/mol. The highest BCUT2D eigenvalue weighted by Crippen LogP contribution is 2.18. The molecule has 0 aliphatic rings. The molecule has 2 rings (SSSR count). The summed E-state index contributed by atoms with van der Waals surface area (Å²) in [7, 11) is 1.39. The molecule has 0 saturated carbocycles. The lowest BCUT2D eigenvalue weighted by Crippen LogP contribution is -2.37. The summed E-state index contributed by atoms with van der Waals surface area (Å²) in [4.78, 5) is 24.8. The highest BCUT2D eigenvalue weighted by molar-refractivity contribution is 5.81. The van der Waals surface area contributed by atoms with E-state index in [4.69, 9.17) is 9.84 Å². The van der Waals surface area contributed by atoms with E-state index in [1.54, 1.807) is 6.07 Å². The molecule has 2 aromatic rings. The second-order valence-electron chi connectivity index (χ2n) is 5.91. The third kappa shape index (κ3) is 5.88. The molecular formula is C20H22FNO4. The van der Waals surface area contributed by atoms with Crippen LogP contribution in [0.25, 0.3) is 0 Å². The summed E-state index contributed by atoms with van der Waals surface area (Å²) < 4.78 is 18.6. The van der Waals surface area contributed by atoms with Gasteiger partial charge in [-0.25, -0.2) is 4.39 Å². The molecule has 0 radical (unpaired) electrons. The lowest BCUT2D eigenvalue weighted by molar-refractivity contribution is -0.144. The van der Waals surface area contributed by atoms with E-state index in [9.17, 15) is 14.0 Å². The van der Waals surface area contributed by atoms with Gasteiger partial charge in [-0.1, -0.05) is 36.4 Å². The van der Waals surface area contributed by atoms with Crippen LogP contribution in [0.15, 0.2) is 48.5 Å². The highest BCUT2D eigenvalue weighted by atomic mass is 19.1. The number of carbonyl (C=O) groups is 2. The maximum atomic E-state index is 13.7. The van der Waals surface area contributed by atoms with E-state index in [0.717, 1.165) is 5.56 Å². The molecule has 1 amide bonds. The molecular weight excluding hydrogens is 337 g/mol. The number of amides is 1. The van der Waals surface area contributed by atoms with E-state index in [1.165, 1.54) is 24.1 Å². The van der Waals surface area contributed by atoms with Gasteiger partial charge in [0.05, 0.1) is 7.11 Å². The fraction of sp³-hybridized carbons (Fsp3) is 0.300. The molecule has 0 aliphatic heterocycles. The second kappa shape index (κ2) is 9.56. The van der Waals surface area contributed by atoms with Crippen LogP contribution >= 0.6 is 0 Å². The van der Waals surface area contributed by atoms with Crippen molar-refractivity contribution in [3.8, 4) is 5.75 Å². The molecule has 0 aromatic heterocycles. The number of halogens is 1. The third-order valence-electron chi connectivity index (χ3n) is 4.04. The van der Waals surface area contributed by atoms with Crippen LogP contribution in [0.2, 0.25) is 0 Å². The molecule has 0 heterocycles. The fourth-order valence-electron chi connectivity index (χ4n) is 2.64. The van der Waals surface area contributed by atoms with E-state index >= 15 is 0 Å². The van der Waals surface area contributed by atoms with Crippen LogP contribution in [0.5, 0.6) is 5.75 Å². The van der Waals surface area contributed by atoms with Gasteiger partial charge in [-0.05, 0) is 36.1 Å². The first kappa shape index (κ1) is 19.4. The smallest absolute Gasteiger partial charge is 0.323 e. The zero-order valence-corrected chi connectivity index (χ0v) is 14.7. The van der Waals surface area contributed by atoms with Crippen molar-refractivity contribution in [2.24, 2.45) is 0 Å². The van der Waals surface area contributed by atoms with Gasteiger partial charge in [0.15, 0.2) is 11.6 Å². The van der Waals surface area contributed by atoms with E-state index in [-0.39, 0.29) is 24.6 Å². The van der Waals surface area contributed by atoms with E-state index in [0.29, 0.717) is 24.9 Å². The first-order valence-electron chi connectivity index (χ1n) is 8.35. The van der Waals surface area contributed by atoms with Gasteiger partial charge in [0.25, 0.3) is 0 Å². The Bertz CT molecular complexity index is 749. The Hall–Kier alpha value is -2.89. The molecule has 1 N–H and O–H groups in total. The van der Waals surface area contributed by atoms with Crippen molar-refractivity contribution in [2.75, 3.05) is 20.2 Å². The number of rotatable bonds is 9. The van der Waals surface area contributed by atoms with Gasteiger partial charge < -0.3 is 14.7 Å². The fourth-order valence-corrected chi connectivity index (χ4v) is 2.64. The number of carboxylic acids is 1. The first-order valence-corrected chi connectivity index (χ1v) is 8.35. The summed E-state index contributed by atoms with van der Waals surface area (Å²) in [6.45, 7) is -0.0191. The largest absolute Gasteiger partial charge is 0.494 e. The van der Waals surface area contributed by atoms with Crippen LogP contribution in [-0.2, 0) is 22.4 Å². The molecule has 0 aliphatic carbocycles. The second-order valence-corrected chi connectivity index (χ2v) is 5.91. The van der Waals surface area contributed by atoms with Crippen LogP contribution < -0.4 is 4.74 Å². The van der Waals surface area contributed by atoms with Crippen molar-refractivity contribution in [3.63, 3.8) is 0 Å². The standard InChI is InChI=1S/C20H22FNO4/c1-26-18-9-7-16(13-17(18)21)8-10-19(23)22(14-20(24)25)12-11-15-5-3-2-4-6-15/h2-7,9,13H,8,10-12,14H2,1H3,(H,24,25). The lowest BCUT2D eigenvalue weighted by atomic mass is 10.1. The summed E-state index contributed by atoms with van der Waals surface area (Å²) >= 11 is 0. The van der Waals surface area contributed by atoms with Crippen LogP contribution in [0.3, 0.4) is 0 Å². The molecule has 0 saturated heterocycles. The molecule has 2 aromatic carbocycles. The average Bonchev–Trinajstić information content (AvgIpc) is 2.63. The Kier molecular flexibility index (Phi) is 7.14. The summed E-state index contributed by atoms with van der Waals surface area (Å²) in [5.41, 5.74) is 1.70. The molecule has 0 fully saturated rings. The Morgan fingerprint density at radius 3 is 2.42 bits per heavy atom. The molecule has 26 heavy (non-hydrogen) atoms. The van der Waals surface area contributed by atoms with E-state index < -0.39 is 11.8 Å². The predicted octanol–water partition coefficient (Wildman–Crippen LogP) is 2.92. The third-order valence-corrected chi connectivity index (χ3v) is 4.04. The van der Waals surface area contributed by atoms with Crippen molar-refractivity contribution in [1.29, 1.82) is 0 Å². The lowest BCUT2D eigenvalue weighted by Gasteiger charge is -2.21. The number of ether oxygens (including phenoxy) is 1. The zero-order chi connectivity index (χ0) is 18.9. The monoisotopic (exact) mass is 359 g/mol. The Labute approximate surface area is 152 Å². The van der Waals surface area contributed by atoms with Crippen LogP contribution in [-0.4, -0.2) is 42.1 Å².